The highest BCUT2D eigenvalue weighted by Gasteiger charge is 2.33. The van der Waals surface area contributed by atoms with Crippen LogP contribution in [0.4, 0.5) is 5.69 Å². The average molecular weight is 388 g/mol. The Bertz CT molecular complexity index is 1100. The van der Waals surface area contributed by atoms with Gasteiger partial charge in [-0.3, -0.25) is 4.72 Å². The van der Waals surface area contributed by atoms with Crippen LogP contribution in [-0.4, -0.2) is 30.7 Å². The summed E-state index contributed by atoms with van der Waals surface area (Å²) in [5.41, 5.74) is 1.97. The minimum Gasteiger partial charge on any atom is -0.497 e. The number of benzene rings is 1. The molecule has 4 rings (SSSR count). The van der Waals surface area contributed by atoms with Crippen molar-refractivity contribution in [2.24, 2.45) is 0 Å². The zero-order valence-corrected chi connectivity index (χ0v) is 16.1. The van der Waals surface area contributed by atoms with Gasteiger partial charge in [0.25, 0.3) is 15.9 Å². The van der Waals surface area contributed by atoms with Crippen LogP contribution in [0.5, 0.6) is 5.75 Å². The van der Waals surface area contributed by atoms with E-state index in [-0.39, 0.29) is 10.8 Å². The molecule has 8 nitrogen and oxygen atoms in total. The highest BCUT2D eigenvalue weighted by atomic mass is 32.2. The lowest BCUT2D eigenvalue weighted by Gasteiger charge is -2.10. The van der Waals surface area contributed by atoms with Gasteiger partial charge in [0.05, 0.1) is 18.4 Å². The predicted octanol–water partition coefficient (Wildman–Crippen LogP) is 3.37. The van der Waals surface area contributed by atoms with Crippen molar-refractivity contribution in [3.8, 4) is 17.2 Å². The first kappa shape index (κ1) is 17.6. The molecule has 0 radical (unpaired) electrons. The number of aromatic amines is 1. The molecule has 1 fully saturated rings. The summed E-state index contributed by atoms with van der Waals surface area (Å²) in [6, 6.07) is 6.73. The zero-order chi connectivity index (χ0) is 19.2. The molecular weight excluding hydrogens is 368 g/mol. The van der Waals surface area contributed by atoms with E-state index in [1.54, 1.807) is 38.1 Å². The molecule has 1 aliphatic rings. The van der Waals surface area contributed by atoms with Crippen molar-refractivity contribution >= 4 is 15.7 Å². The molecule has 2 heterocycles. The lowest BCUT2D eigenvalue weighted by molar-refractivity contribution is 0.415. The van der Waals surface area contributed by atoms with Crippen molar-refractivity contribution in [3.05, 3.63) is 41.5 Å². The summed E-state index contributed by atoms with van der Waals surface area (Å²) in [6.45, 7) is 3.49. The second-order valence-corrected chi connectivity index (χ2v) is 8.26. The molecule has 0 unspecified atom stereocenters. The summed E-state index contributed by atoms with van der Waals surface area (Å²) in [5.74, 6) is 1.63. The van der Waals surface area contributed by atoms with E-state index in [0.29, 0.717) is 40.2 Å². The molecule has 2 aromatic heterocycles. The van der Waals surface area contributed by atoms with Gasteiger partial charge in [0.2, 0.25) is 5.89 Å². The van der Waals surface area contributed by atoms with Gasteiger partial charge in [-0.15, -0.1) is 10.2 Å². The van der Waals surface area contributed by atoms with E-state index < -0.39 is 10.0 Å². The number of sulfonamides is 1. The number of nitrogens with one attached hydrogen (secondary N) is 2. The number of ether oxygens (including phenoxy) is 1. The summed E-state index contributed by atoms with van der Waals surface area (Å²) in [7, 11) is -2.36. The Kier molecular flexibility index (Phi) is 4.18. The third-order valence-corrected chi connectivity index (χ3v) is 6.04. The number of aromatic nitrogens is 3. The first-order chi connectivity index (χ1) is 12.9. The third kappa shape index (κ3) is 3.30. The van der Waals surface area contributed by atoms with Crippen LogP contribution < -0.4 is 9.46 Å². The predicted molar refractivity (Wildman–Crippen MR) is 99.3 cm³/mol. The number of hydrogen-bond donors (Lipinski definition) is 2. The van der Waals surface area contributed by atoms with E-state index in [2.05, 4.69) is 19.9 Å². The molecule has 0 aliphatic heterocycles. The van der Waals surface area contributed by atoms with Gasteiger partial charge in [-0.2, -0.15) is 0 Å². The second-order valence-electron chi connectivity index (χ2n) is 6.64. The fourth-order valence-electron chi connectivity index (χ4n) is 3.08. The van der Waals surface area contributed by atoms with E-state index in [1.165, 1.54) is 7.11 Å². The maximum Gasteiger partial charge on any atom is 0.264 e. The van der Waals surface area contributed by atoms with Gasteiger partial charge >= 0.3 is 0 Å². The standard InChI is InChI=1S/C18H20N4O4S/c1-10-15(18-21-20-17(26-18)12-7-8-12)16(11(2)19-10)27(23,24)22-13-5-4-6-14(9-13)25-3/h4-6,9,12,19,22H,7-8H2,1-3H3. The largest absolute Gasteiger partial charge is 0.497 e. The molecule has 1 aromatic carbocycles. The topological polar surface area (TPSA) is 110 Å². The summed E-state index contributed by atoms with van der Waals surface area (Å²) in [6.07, 6.45) is 2.05. The Morgan fingerprint density at radius 2 is 2.00 bits per heavy atom. The van der Waals surface area contributed by atoms with E-state index in [9.17, 15) is 8.42 Å². The van der Waals surface area contributed by atoms with Crippen molar-refractivity contribution in [1.29, 1.82) is 0 Å². The third-order valence-electron chi connectivity index (χ3n) is 4.49. The number of rotatable bonds is 6. The molecule has 0 bridgehead atoms. The van der Waals surface area contributed by atoms with Crippen LogP contribution in [0.25, 0.3) is 11.5 Å². The summed E-state index contributed by atoms with van der Waals surface area (Å²) in [5, 5.41) is 8.15. The van der Waals surface area contributed by atoms with Crippen LogP contribution in [0.2, 0.25) is 0 Å². The number of hydrogen-bond acceptors (Lipinski definition) is 6. The molecule has 0 saturated heterocycles. The van der Waals surface area contributed by atoms with Crippen LogP contribution in [0, 0.1) is 13.8 Å². The molecular formula is C18H20N4O4S. The van der Waals surface area contributed by atoms with E-state index in [4.69, 9.17) is 9.15 Å². The Balaban J connectivity index is 1.75. The molecule has 0 amide bonds. The Hall–Kier alpha value is -2.81. The van der Waals surface area contributed by atoms with Gasteiger partial charge < -0.3 is 14.1 Å². The van der Waals surface area contributed by atoms with Gasteiger partial charge in [-0.25, -0.2) is 8.42 Å². The van der Waals surface area contributed by atoms with Crippen LogP contribution in [0.3, 0.4) is 0 Å². The Morgan fingerprint density at radius 1 is 1.22 bits per heavy atom. The first-order valence-electron chi connectivity index (χ1n) is 8.59. The molecule has 1 saturated carbocycles. The zero-order valence-electron chi connectivity index (χ0n) is 15.2. The van der Waals surface area contributed by atoms with Crippen molar-refractivity contribution in [3.63, 3.8) is 0 Å². The second kappa shape index (κ2) is 6.41. The number of aryl methyl sites for hydroxylation is 2. The molecule has 0 atom stereocenters. The van der Waals surface area contributed by atoms with Gasteiger partial charge in [0, 0.05) is 23.4 Å². The molecule has 0 spiro atoms. The minimum absolute atomic E-state index is 0.105. The van der Waals surface area contributed by atoms with E-state index >= 15 is 0 Å². The van der Waals surface area contributed by atoms with Crippen molar-refractivity contribution in [2.75, 3.05) is 11.8 Å². The smallest absolute Gasteiger partial charge is 0.264 e. The van der Waals surface area contributed by atoms with Gasteiger partial charge in [-0.1, -0.05) is 6.07 Å². The van der Waals surface area contributed by atoms with E-state index in [0.717, 1.165) is 12.8 Å². The molecule has 3 aromatic rings. The van der Waals surface area contributed by atoms with Gasteiger partial charge in [0.1, 0.15) is 10.6 Å². The summed E-state index contributed by atoms with van der Waals surface area (Å²) in [4.78, 5) is 3.18. The quantitative estimate of drug-likeness (QED) is 0.670. The van der Waals surface area contributed by atoms with Crippen molar-refractivity contribution in [1.82, 2.24) is 15.2 Å². The average Bonchev–Trinajstić information content (AvgIpc) is 3.27. The van der Waals surface area contributed by atoms with Crippen molar-refractivity contribution in [2.45, 2.75) is 37.5 Å². The number of H-pyrrole nitrogens is 1. The molecule has 1 aliphatic carbocycles. The number of methoxy groups -OCH3 is 1. The monoisotopic (exact) mass is 388 g/mol. The number of anilines is 1. The lowest BCUT2D eigenvalue weighted by Crippen LogP contribution is -2.14. The van der Waals surface area contributed by atoms with Crippen LogP contribution in [0.1, 0.15) is 36.0 Å². The molecule has 142 valence electrons. The molecule has 27 heavy (non-hydrogen) atoms. The fourth-order valence-corrected chi connectivity index (χ4v) is 4.58. The minimum atomic E-state index is -3.89. The van der Waals surface area contributed by atoms with Gasteiger partial charge in [-0.05, 0) is 38.8 Å². The Labute approximate surface area is 157 Å². The normalized spacial score (nSPS) is 14.3. The molecule has 2 N–H and O–H groups in total. The maximum absolute atomic E-state index is 13.1. The maximum atomic E-state index is 13.1. The highest BCUT2D eigenvalue weighted by Crippen LogP contribution is 2.41. The summed E-state index contributed by atoms with van der Waals surface area (Å²) >= 11 is 0. The van der Waals surface area contributed by atoms with Crippen molar-refractivity contribution < 1.29 is 17.6 Å². The number of nitrogens with zero attached hydrogens (tertiary/aromatic N) is 2. The SMILES string of the molecule is COc1cccc(NS(=O)(=O)c2c(C)[nH]c(C)c2-c2nnc(C3CC3)o2)c1. The van der Waals surface area contributed by atoms with Gasteiger partial charge in [0.15, 0.2) is 0 Å². The summed E-state index contributed by atoms with van der Waals surface area (Å²) < 4.78 is 39.7. The first-order valence-corrected chi connectivity index (χ1v) is 10.1. The fraction of sp³-hybridized carbons (Fsp3) is 0.333. The Morgan fingerprint density at radius 3 is 2.70 bits per heavy atom. The van der Waals surface area contributed by atoms with Crippen LogP contribution in [0.15, 0.2) is 33.6 Å². The van der Waals surface area contributed by atoms with Crippen LogP contribution in [-0.2, 0) is 10.0 Å². The molecule has 9 heteroatoms. The lowest BCUT2D eigenvalue weighted by atomic mass is 10.2. The van der Waals surface area contributed by atoms with E-state index in [1.807, 2.05) is 0 Å². The van der Waals surface area contributed by atoms with Crippen LogP contribution >= 0.6 is 0 Å². The highest BCUT2D eigenvalue weighted by molar-refractivity contribution is 7.93.